The highest BCUT2D eigenvalue weighted by Gasteiger charge is 2.15. The molecule has 0 fully saturated rings. The van der Waals surface area contributed by atoms with Crippen LogP contribution in [-0.4, -0.2) is 31.3 Å². The predicted molar refractivity (Wildman–Crippen MR) is 69.5 cm³/mol. The first-order chi connectivity index (χ1) is 8.19. The van der Waals surface area contributed by atoms with Crippen LogP contribution in [0.15, 0.2) is 18.3 Å². The van der Waals surface area contributed by atoms with Gasteiger partial charge in [0, 0.05) is 13.3 Å². The lowest BCUT2D eigenvalue weighted by atomic mass is 10.1. The van der Waals surface area contributed by atoms with Gasteiger partial charge in [0.25, 0.3) is 0 Å². The zero-order valence-electron chi connectivity index (χ0n) is 11.1. The van der Waals surface area contributed by atoms with Gasteiger partial charge in [-0.1, -0.05) is 13.8 Å². The standard InChI is InChI=1S/C13H22N2O2/c1-5-17-13-11(7-6-8-14-13)15-12(9-16-4)10(2)3/h6-8,10,12,15H,5,9H2,1-4H3. The maximum absolute atomic E-state index is 5.48. The third-order valence-electron chi connectivity index (χ3n) is 2.54. The van der Waals surface area contributed by atoms with Crippen molar-refractivity contribution in [2.75, 3.05) is 25.6 Å². The second-order valence-electron chi connectivity index (χ2n) is 4.24. The van der Waals surface area contributed by atoms with Crippen LogP contribution in [0.4, 0.5) is 5.69 Å². The Morgan fingerprint density at radius 3 is 2.76 bits per heavy atom. The molecule has 17 heavy (non-hydrogen) atoms. The normalized spacial score (nSPS) is 12.5. The zero-order valence-corrected chi connectivity index (χ0v) is 11.1. The van der Waals surface area contributed by atoms with Crippen LogP contribution in [0.3, 0.4) is 0 Å². The Hall–Kier alpha value is -1.29. The summed E-state index contributed by atoms with van der Waals surface area (Å²) in [5, 5.41) is 3.42. The molecule has 1 unspecified atom stereocenters. The van der Waals surface area contributed by atoms with E-state index in [0.29, 0.717) is 25.0 Å². The molecule has 0 saturated carbocycles. The number of methoxy groups -OCH3 is 1. The molecule has 1 N–H and O–H groups in total. The summed E-state index contributed by atoms with van der Waals surface area (Å²) in [6.07, 6.45) is 1.73. The smallest absolute Gasteiger partial charge is 0.237 e. The maximum Gasteiger partial charge on any atom is 0.237 e. The van der Waals surface area contributed by atoms with Gasteiger partial charge in [0.2, 0.25) is 5.88 Å². The summed E-state index contributed by atoms with van der Waals surface area (Å²) in [5.74, 6) is 1.13. The second-order valence-corrected chi connectivity index (χ2v) is 4.24. The second kappa shape index (κ2) is 7.12. The van der Waals surface area contributed by atoms with E-state index in [4.69, 9.17) is 9.47 Å². The molecule has 1 heterocycles. The summed E-state index contributed by atoms with van der Waals surface area (Å²) in [6.45, 7) is 7.55. The SMILES string of the molecule is CCOc1ncccc1NC(COC)C(C)C. The van der Waals surface area contributed by atoms with Crippen molar-refractivity contribution in [3.05, 3.63) is 18.3 Å². The molecule has 1 aromatic heterocycles. The van der Waals surface area contributed by atoms with Crippen molar-refractivity contribution in [2.45, 2.75) is 26.8 Å². The fraction of sp³-hybridized carbons (Fsp3) is 0.615. The first-order valence-electron chi connectivity index (χ1n) is 6.02. The quantitative estimate of drug-likeness (QED) is 0.793. The average Bonchev–Trinajstić information content (AvgIpc) is 2.31. The first-order valence-corrected chi connectivity index (χ1v) is 6.02. The van der Waals surface area contributed by atoms with Gasteiger partial charge in [-0.2, -0.15) is 0 Å². The largest absolute Gasteiger partial charge is 0.476 e. The minimum Gasteiger partial charge on any atom is -0.476 e. The van der Waals surface area contributed by atoms with E-state index in [0.717, 1.165) is 5.69 Å². The molecule has 4 heteroatoms. The van der Waals surface area contributed by atoms with Crippen LogP contribution in [0.5, 0.6) is 5.88 Å². The molecule has 0 saturated heterocycles. The van der Waals surface area contributed by atoms with E-state index in [2.05, 4.69) is 24.1 Å². The number of nitrogens with zero attached hydrogens (tertiary/aromatic N) is 1. The van der Waals surface area contributed by atoms with Crippen LogP contribution >= 0.6 is 0 Å². The van der Waals surface area contributed by atoms with Crippen LogP contribution in [0, 0.1) is 5.92 Å². The topological polar surface area (TPSA) is 43.4 Å². The maximum atomic E-state index is 5.48. The summed E-state index contributed by atoms with van der Waals surface area (Å²) >= 11 is 0. The van der Waals surface area contributed by atoms with Crippen LogP contribution in [0.2, 0.25) is 0 Å². The average molecular weight is 238 g/mol. The van der Waals surface area contributed by atoms with E-state index < -0.39 is 0 Å². The Morgan fingerprint density at radius 2 is 2.18 bits per heavy atom. The number of hydrogen-bond acceptors (Lipinski definition) is 4. The van der Waals surface area contributed by atoms with Crippen LogP contribution < -0.4 is 10.1 Å². The number of aromatic nitrogens is 1. The van der Waals surface area contributed by atoms with Crippen molar-refractivity contribution in [1.29, 1.82) is 0 Å². The highest BCUT2D eigenvalue weighted by atomic mass is 16.5. The monoisotopic (exact) mass is 238 g/mol. The molecular weight excluding hydrogens is 216 g/mol. The lowest BCUT2D eigenvalue weighted by molar-refractivity contribution is 0.171. The number of nitrogens with one attached hydrogen (secondary N) is 1. The molecule has 0 aliphatic carbocycles. The van der Waals surface area contributed by atoms with E-state index >= 15 is 0 Å². The molecule has 1 aromatic rings. The molecule has 4 nitrogen and oxygen atoms in total. The number of hydrogen-bond donors (Lipinski definition) is 1. The fourth-order valence-electron chi connectivity index (χ4n) is 1.53. The molecule has 0 aliphatic heterocycles. The number of anilines is 1. The van der Waals surface area contributed by atoms with Crippen LogP contribution in [0.25, 0.3) is 0 Å². The van der Waals surface area contributed by atoms with E-state index in [1.807, 2.05) is 19.1 Å². The molecule has 0 amide bonds. The van der Waals surface area contributed by atoms with Gasteiger partial charge >= 0.3 is 0 Å². The number of ether oxygens (including phenoxy) is 2. The van der Waals surface area contributed by atoms with Crippen molar-refractivity contribution in [1.82, 2.24) is 4.98 Å². The Bertz CT molecular complexity index is 329. The molecule has 0 radical (unpaired) electrons. The highest BCUT2D eigenvalue weighted by Crippen LogP contribution is 2.22. The molecule has 0 spiro atoms. The lowest BCUT2D eigenvalue weighted by Gasteiger charge is -2.23. The Balaban J connectivity index is 2.77. The summed E-state index contributed by atoms with van der Waals surface area (Å²) in [5.41, 5.74) is 0.921. The van der Waals surface area contributed by atoms with Crippen molar-refractivity contribution < 1.29 is 9.47 Å². The van der Waals surface area contributed by atoms with Gasteiger partial charge in [-0.15, -0.1) is 0 Å². The van der Waals surface area contributed by atoms with Crippen molar-refractivity contribution in [3.8, 4) is 5.88 Å². The van der Waals surface area contributed by atoms with E-state index in [1.54, 1.807) is 13.3 Å². The number of pyridine rings is 1. The van der Waals surface area contributed by atoms with Crippen molar-refractivity contribution in [3.63, 3.8) is 0 Å². The zero-order chi connectivity index (χ0) is 12.7. The van der Waals surface area contributed by atoms with Gasteiger partial charge in [0.05, 0.1) is 24.9 Å². The van der Waals surface area contributed by atoms with E-state index in [9.17, 15) is 0 Å². The summed E-state index contributed by atoms with van der Waals surface area (Å²) in [6, 6.07) is 4.13. The molecule has 1 atom stereocenters. The first kappa shape index (κ1) is 13.8. The minimum absolute atomic E-state index is 0.253. The van der Waals surface area contributed by atoms with Crippen LogP contribution in [-0.2, 0) is 4.74 Å². The van der Waals surface area contributed by atoms with E-state index in [-0.39, 0.29) is 6.04 Å². The number of rotatable bonds is 7. The van der Waals surface area contributed by atoms with Gasteiger partial charge < -0.3 is 14.8 Å². The molecule has 0 bridgehead atoms. The summed E-state index contributed by atoms with van der Waals surface area (Å²) in [4.78, 5) is 4.22. The Kier molecular flexibility index (Phi) is 5.77. The lowest BCUT2D eigenvalue weighted by Crippen LogP contribution is -2.30. The van der Waals surface area contributed by atoms with Crippen LogP contribution in [0.1, 0.15) is 20.8 Å². The van der Waals surface area contributed by atoms with Gasteiger partial charge in [0.1, 0.15) is 0 Å². The minimum atomic E-state index is 0.253. The van der Waals surface area contributed by atoms with Gasteiger partial charge in [-0.25, -0.2) is 4.98 Å². The predicted octanol–water partition coefficient (Wildman–Crippen LogP) is 2.56. The van der Waals surface area contributed by atoms with E-state index in [1.165, 1.54) is 0 Å². The molecule has 96 valence electrons. The van der Waals surface area contributed by atoms with Crippen molar-refractivity contribution >= 4 is 5.69 Å². The molecule has 0 aromatic carbocycles. The third kappa shape index (κ3) is 4.23. The van der Waals surface area contributed by atoms with Crippen molar-refractivity contribution in [2.24, 2.45) is 5.92 Å². The molecule has 1 rings (SSSR count). The molecule has 0 aliphatic rings. The summed E-state index contributed by atoms with van der Waals surface area (Å²) < 4.78 is 10.7. The van der Waals surface area contributed by atoms with Gasteiger partial charge in [-0.05, 0) is 25.0 Å². The molecular formula is C13H22N2O2. The third-order valence-corrected chi connectivity index (χ3v) is 2.54. The Morgan fingerprint density at radius 1 is 1.41 bits per heavy atom. The summed E-state index contributed by atoms with van der Waals surface area (Å²) in [7, 11) is 1.71. The van der Waals surface area contributed by atoms with Gasteiger partial charge in [0.15, 0.2) is 0 Å². The highest BCUT2D eigenvalue weighted by molar-refractivity contribution is 5.52. The van der Waals surface area contributed by atoms with Gasteiger partial charge in [-0.3, -0.25) is 0 Å². The Labute approximate surface area is 103 Å². The fourth-order valence-corrected chi connectivity index (χ4v) is 1.53.